The van der Waals surface area contributed by atoms with E-state index in [2.05, 4.69) is 5.32 Å². The lowest BCUT2D eigenvalue weighted by Crippen LogP contribution is -2.34. The molecule has 7 nitrogen and oxygen atoms in total. The van der Waals surface area contributed by atoms with Crippen LogP contribution in [0.3, 0.4) is 0 Å². The first kappa shape index (κ1) is 20.2. The van der Waals surface area contributed by atoms with Crippen LogP contribution in [-0.4, -0.2) is 33.4 Å². The van der Waals surface area contributed by atoms with E-state index in [4.69, 9.17) is 5.73 Å². The molecular formula is C22H23N3O4S. The van der Waals surface area contributed by atoms with Gasteiger partial charge in [0.25, 0.3) is 5.91 Å². The van der Waals surface area contributed by atoms with Gasteiger partial charge in [0.15, 0.2) is 5.78 Å². The van der Waals surface area contributed by atoms with Gasteiger partial charge in [-0.1, -0.05) is 37.8 Å². The maximum Gasteiger partial charge on any atom is 0.326 e. The van der Waals surface area contributed by atoms with Gasteiger partial charge in [-0.05, 0) is 30.4 Å². The summed E-state index contributed by atoms with van der Waals surface area (Å²) in [5, 5.41) is 17.5. The minimum atomic E-state index is -0.925. The number of aromatic nitrogens is 1. The molecule has 3 aromatic rings. The lowest BCUT2D eigenvalue weighted by atomic mass is 9.98. The molecule has 4 rings (SSSR count). The van der Waals surface area contributed by atoms with Crippen LogP contribution in [0.1, 0.15) is 64.8 Å². The summed E-state index contributed by atoms with van der Waals surface area (Å²) in [6.45, 7) is 0. The molecular weight excluding hydrogens is 402 g/mol. The van der Waals surface area contributed by atoms with Crippen LogP contribution in [0.4, 0.5) is 4.79 Å². The fourth-order valence-corrected chi connectivity index (χ4v) is 4.82. The standard InChI is InChI=1S/C22H23N3O4S/c23-22(29)25-16-9-5-8-15(19(26)13-10-11-30-12-13)17(16)18(21(25)28)20(27)24-14-6-3-1-2-4-7-14/h5,8-12,14,28H,1-4,6-7H2,(H2,23,29)(H,24,27). The zero-order chi connectivity index (χ0) is 21.3. The van der Waals surface area contributed by atoms with Crippen LogP contribution in [0, 0.1) is 0 Å². The number of carbonyl (C=O) groups excluding carboxylic acids is 3. The lowest BCUT2D eigenvalue weighted by molar-refractivity contribution is 0.0932. The number of aromatic hydroxyl groups is 1. The van der Waals surface area contributed by atoms with Gasteiger partial charge in [0, 0.05) is 27.9 Å². The van der Waals surface area contributed by atoms with Gasteiger partial charge in [0.2, 0.25) is 5.88 Å². The van der Waals surface area contributed by atoms with Gasteiger partial charge in [0.05, 0.1) is 5.52 Å². The monoisotopic (exact) mass is 425 g/mol. The Labute approximate surface area is 177 Å². The highest BCUT2D eigenvalue weighted by Gasteiger charge is 2.29. The van der Waals surface area contributed by atoms with Gasteiger partial charge in [-0.2, -0.15) is 11.3 Å². The first-order valence-electron chi connectivity index (χ1n) is 10.0. The van der Waals surface area contributed by atoms with E-state index in [-0.39, 0.29) is 33.9 Å². The first-order valence-corrected chi connectivity index (χ1v) is 11.0. The summed E-state index contributed by atoms with van der Waals surface area (Å²) in [6, 6.07) is 5.52. The van der Waals surface area contributed by atoms with Crippen molar-refractivity contribution >= 4 is 40.0 Å². The van der Waals surface area contributed by atoms with Gasteiger partial charge in [-0.15, -0.1) is 0 Å². The third-order valence-corrected chi connectivity index (χ3v) is 6.32. The average Bonchev–Trinajstić information content (AvgIpc) is 3.27. The molecule has 8 heteroatoms. The Morgan fingerprint density at radius 3 is 2.47 bits per heavy atom. The summed E-state index contributed by atoms with van der Waals surface area (Å²) >= 11 is 1.39. The molecule has 156 valence electrons. The Kier molecular flexibility index (Phi) is 5.59. The van der Waals surface area contributed by atoms with Crippen molar-refractivity contribution in [1.29, 1.82) is 0 Å². The van der Waals surface area contributed by atoms with Crippen molar-refractivity contribution in [3.05, 3.63) is 51.7 Å². The van der Waals surface area contributed by atoms with Crippen molar-refractivity contribution < 1.29 is 19.5 Å². The molecule has 0 unspecified atom stereocenters. The Hall–Kier alpha value is -3.13. The van der Waals surface area contributed by atoms with Gasteiger partial charge in [-0.25, -0.2) is 9.36 Å². The molecule has 0 aliphatic heterocycles. The van der Waals surface area contributed by atoms with Crippen LogP contribution < -0.4 is 11.1 Å². The number of ketones is 1. The van der Waals surface area contributed by atoms with Crippen molar-refractivity contribution in [2.24, 2.45) is 5.73 Å². The van der Waals surface area contributed by atoms with E-state index in [0.717, 1.165) is 43.1 Å². The van der Waals surface area contributed by atoms with E-state index in [1.165, 1.54) is 11.3 Å². The highest BCUT2D eigenvalue weighted by Crippen LogP contribution is 2.35. The number of thiophene rings is 1. The molecule has 4 N–H and O–H groups in total. The van der Waals surface area contributed by atoms with Crippen molar-refractivity contribution in [1.82, 2.24) is 9.88 Å². The number of nitrogens with one attached hydrogen (secondary N) is 1. The van der Waals surface area contributed by atoms with E-state index in [0.29, 0.717) is 5.56 Å². The normalized spacial score (nSPS) is 15.1. The van der Waals surface area contributed by atoms with E-state index in [1.54, 1.807) is 35.0 Å². The Balaban J connectivity index is 1.85. The number of nitrogens with zero attached hydrogens (tertiary/aromatic N) is 1. The summed E-state index contributed by atoms with van der Waals surface area (Å²) < 4.78 is 0.877. The van der Waals surface area contributed by atoms with Crippen LogP contribution in [0.2, 0.25) is 0 Å². The van der Waals surface area contributed by atoms with Gasteiger partial charge < -0.3 is 16.2 Å². The first-order chi connectivity index (χ1) is 14.5. The number of nitrogens with two attached hydrogens (primary N) is 1. The zero-order valence-electron chi connectivity index (χ0n) is 16.4. The highest BCUT2D eigenvalue weighted by molar-refractivity contribution is 7.08. The second kappa shape index (κ2) is 8.31. The van der Waals surface area contributed by atoms with Crippen molar-refractivity contribution in [3.8, 4) is 5.88 Å². The van der Waals surface area contributed by atoms with Crippen LogP contribution in [0.15, 0.2) is 35.0 Å². The van der Waals surface area contributed by atoms with E-state index < -0.39 is 17.8 Å². The number of fused-ring (bicyclic) bond motifs is 1. The molecule has 2 amide bonds. The van der Waals surface area contributed by atoms with Crippen LogP contribution >= 0.6 is 11.3 Å². The van der Waals surface area contributed by atoms with E-state index in [1.807, 2.05) is 0 Å². The molecule has 2 aromatic heterocycles. The molecule has 0 saturated heterocycles. The minimum absolute atomic E-state index is 0.00823. The lowest BCUT2D eigenvalue weighted by Gasteiger charge is -2.16. The molecule has 1 aliphatic carbocycles. The summed E-state index contributed by atoms with van der Waals surface area (Å²) in [4.78, 5) is 38.3. The molecule has 0 spiro atoms. The molecule has 1 saturated carbocycles. The largest absolute Gasteiger partial charge is 0.494 e. The quantitative estimate of drug-likeness (QED) is 0.433. The van der Waals surface area contributed by atoms with Gasteiger partial charge >= 0.3 is 6.03 Å². The van der Waals surface area contributed by atoms with Crippen LogP contribution in [-0.2, 0) is 0 Å². The summed E-state index contributed by atoms with van der Waals surface area (Å²) in [7, 11) is 0. The minimum Gasteiger partial charge on any atom is -0.494 e. The van der Waals surface area contributed by atoms with Crippen molar-refractivity contribution in [3.63, 3.8) is 0 Å². The number of rotatable bonds is 4. The number of primary amides is 1. The number of amides is 2. The smallest absolute Gasteiger partial charge is 0.326 e. The number of carbonyl (C=O) groups is 3. The third kappa shape index (κ3) is 3.59. The van der Waals surface area contributed by atoms with Gasteiger partial charge in [0.1, 0.15) is 5.56 Å². The Morgan fingerprint density at radius 2 is 1.83 bits per heavy atom. The van der Waals surface area contributed by atoms with Gasteiger partial charge in [-0.3, -0.25) is 9.59 Å². The number of hydrogen-bond acceptors (Lipinski definition) is 5. The molecule has 0 bridgehead atoms. The second-order valence-corrected chi connectivity index (χ2v) is 8.36. The number of benzene rings is 1. The fraction of sp³-hybridized carbons (Fsp3) is 0.318. The third-order valence-electron chi connectivity index (χ3n) is 5.63. The highest BCUT2D eigenvalue weighted by atomic mass is 32.1. The summed E-state index contributed by atoms with van der Waals surface area (Å²) in [5.74, 6) is -1.34. The van der Waals surface area contributed by atoms with Crippen LogP contribution in [0.5, 0.6) is 5.88 Å². The molecule has 0 atom stereocenters. The van der Waals surface area contributed by atoms with Crippen LogP contribution in [0.25, 0.3) is 10.9 Å². The Bertz CT molecular complexity index is 1110. The molecule has 30 heavy (non-hydrogen) atoms. The fourth-order valence-electron chi connectivity index (χ4n) is 4.18. The average molecular weight is 426 g/mol. The zero-order valence-corrected chi connectivity index (χ0v) is 17.2. The second-order valence-electron chi connectivity index (χ2n) is 7.58. The maximum absolute atomic E-state index is 13.2. The molecule has 1 aromatic carbocycles. The predicted octanol–water partition coefficient (Wildman–Crippen LogP) is 4.02. The topological polar surface area (TPSA) is 114 Å². The van der Waals surface area contributed by atoms with E-state index in [9.17, 15) is 19.5 Å². The predicted molar refractivity (Wildman–Crippen MR) is 115 cm³/mol. The molecule has 1 aliphatic rings. The Morgan fingerprint density at radius 1 is 1.10 bits per heavy atom. The van der Waals surface area contributed by atoms with Crippen molar-refractivity contribution in [2.75, 3.05) is 0 Å². The molecule has 1 fully saturated rings. The van der Waals surface area contributed by atoms with E-state index >= 15 is 0 Å². The SMILES string of the molecule is NC(=O)n1c(O)c(C(=O)NC2CCCCCC2)c2c(C(=O)c3ccsc3)cccc21. The molecule has 0 radical (unpaired) electrons. The maximum atomic E-state index is 13.2. The number of hydrogen-bond donors (Lipinski definition) is 3. The summed E-state index contributed by atoms with van der Waals surface area (Å²) in [5.41, 5.74) is 6.33. The summed E-state index contributed by atoms with van der Waals surface area (Å²) in [6.07, 6.45) is 6.06. The van der Waals surface area contributed by atoms with Crippen molar-refractivity contribution in [2.45, 2.75) is 44.6 Å². The molecule has 2 heterocycles.